The summed E-state index contributed by atoms with van der Waals surface area (Å²) in [6.07, 6.45) is 1.42. The molecule has 0 saturated carbocycles. The van der Waals surface area contributed by atoms with Crippen molar-refractivity contribution < 1.29 is 5.11 Å². The van der Waals surface area contributed by atoms with Gasteiger partial charge >= 0.3 is 0 Å². The molecule has 0 amide bonds. The largest absolute Gasteiger partial charge is 0.385 e. The number of likely N-dealkylation sites (N-methyl/N-ethyl adjacent to an activating group) is 1. The SMILES string of the molecule is CCC(O)(CC)c1ccc2c(c1)NC(c1[nH]nc3ccsc13)C2N1CCN(C)CC1. The van der Waals surface area contributed by atoms with Crippen LogP contribution >= 0.6 is 11.3 Å². The minimum Gasteiger partial charge on any atom is -0.385 e. The number of nitrogens with zero attached hydrogens (tertiary/aromatic N) is 3. The van der Waals surface area contributed by atoms with Gasteiger partial charge in [-0.05, 0) is 48.5 Å². The molecule has 1 saturated heterocycles. The molecular weight excluding hydrogens is 394 g/mol. The first kappa shape index (κ1) is 20.0. The van der Waals surface area contributed by atoms with Crippen LogP contribution in [0.25, 0.3) is 10.2 Å². The standard InChI is InChI=1S/C23H31N5OS/c1-4-23(29,5-2)15-6-7-16-18(14-15)24-19(20-22-17(25-26-20)8-13-30-22)21(16)28-11-9-27(3)10-12-28/h6-8,13-14,19,21,24,29H,4-5,9-12H2,1-3H3,(H,25,26). The zero-order valence-corrected chi connectivity index (χ0v) is 18.8. The summed E-state index contributed by atoms with van der Waals surface area (Å²) >= 11 is 1.75. The summed E-state index contributed by atoms with van der Waals surface area (Å²) in [6, 6.07) is 9.00. The van der Waals surface area contributed by atoms with E-state index in [1.807, 2.05) is 0 Å². The minimum atomic E-state index is -0.771. The highest BCUT2D eigenvalue weighted by molar-refractivity contribution is 7.17. The number of thiophene rings is 1. The van der Waals surface area contributed by atoms with Gasteiger partial charge in [0.2, 0.25) is 0 Å². The zero-order valence-electron chi connectivity index (χ0n) is 18.0. The molecule has 3 aromatic rings. The van der Waals surface area contributed by atoms with E-state index in [-0.39, 0.29) is 12.1 Å². The second-order valence-corrected chi connectivity index (χ2v) is 9.64. The van der Waals surface area contributed by atoms with Crippen molar-refractivity contribution in [3.8, 4) is 0 Å². The minimum absolute atomic E-state index is 0.124. The maximum absolute atomic E-state index is 11.1. The van der Waals surface area contributed by atoms with Crippen LogP contribution in [-0.2, 0) is 5.60 Å². The number of aromatic amines is 1. The van der Waals surface area contributed by atoms with Crippen molar-refractivity contribution in [3.05, 3.63) is 46.5 Å². The van der Waals surface area contributed by atoms with E-state index < -0.39 is 5.60 Å². The lowest BCUT2D eigenvalue weighted by Crippen LogP contribution is -2.46. The molecule has 2 aromatic heterocycles. The van der Waals surface area contributed by atoms with E-state index in [0.717, 1.165) is 42.9 Å². The van der Waals surface area contributed by atoms with E-state index in [4.69, 9.17) is 0 Å². The number of benzene rings is 1. The molecule has 0 aliphatic carbocycles. The van der Waals surface area contributed by atoms with Gasteiger partial charge in [0.25, 0.3) is 0 Å². The average molecular weight is 426 g/mol. The number of hydrogen-bond acceptors (Lipinski definition) is 6. The Bertz CT molecular complexity index is 1030. The summed E-state index contributed by atoms with van der Waals surface area (Å²) in [6.45, 7) is 8.38. The molecule has 0 radical (unpaired) electrons. The Morgan fingerprint density at radius 2 is 1.93 bits per heavy atom. The van der Waals surface area contributed by atoms with Crippen LogP contribution in [0.4, 0.5) is 5.69 Å². The fourth-order valence-corrected chi connectivity index (χ4v) is 5.89. The van der Waals surface area contributed by atoms with Crippen LogP contribution < -0.4 is 5.32 Å². The lowest BCUT2D eigenvalue weighted by Gasteiger charge is -2.38. The van der Waals surface area contributed by atoms with E-state index >= 15 is 0 Å². The van der Waals surface area contributed by atoms with E-state index in [1.165, 1.54) is 16.0 Å². The Labute approximate surface area is 181 Å². The second kappa shape index (κ2) is 7.64. The predicted molar refractivity (Wildman–Crippen MR) is 123 cm³/mol. The molecule has 1 fully saturated rings. The molecule has 160 valence electrons. The number of H-pyrrole nitrogens is 1. The molecule has 2 aliphatic heterocycles. The summed E-state index contributed by atoms with van der Waals surface area (Å²) < 4.78 is 1.23. The van der Waals surface area contributed by atoms with Crippen molar-refractivity contribution in [1.82, 2.24) is 20.0 Å². The quantitative estimate of drug-likeness (QED) is 0.575. The molecule has 4 heterocycles. The van der Waals surface area contributed by atoms with Gasteiger partial charge in [-0.2, -0.15) is 5.10 Å². The molecule has 3 N–H and O–H groups in total. The van der Waals surface area contributed by atoms with Crippen molar-refractivity contribution in [1.29, 1.82) is 0 Å². The molecule has 2 aliphatic rings. The Hall–Kier alpha value is -1.93. The van der Waals surface area contributed by atoms with Crippen molar-refractivity contribution >= 4 is 27.2 Å². The zero-order chi connectivity index (χ0) is 20.9. The van der Waals surface area contributed by atoms with E-state index in [0.29, 0.717) is 12.8 Å². The molecule has 30 heavy (non-hydrogen) atoms. The van der Waals surface area contributed by atoms with Gasteiger partial charge in [0, 0.05) is 31.9 Å². The van der Waals surface area contributed by atoms with Crippen molar-refractivity contribution in [2.45, 2.75) is 44.4 Å². The predicted octanol–water partition coefficient (Wildman–Crippen LogP) is 4.09. The summed E-state index contributed by atoms with van der Waals surface area (Å²) in [5, 5.41) is 24.9. The molecule has 1 aromatic carbocycles. The van der Waals surface area contributed by atoms with Crippen LogP contribution in [-0.4, -0.2) is 58.3 Å². The highest BCUT2D eigenvalue weighted by Gasteiger charge is 2.41. The molecule has 5 rings (SSSR count). The van der Waals surface area contributed by atoms with Crippen LogP contribution in [0.2, 0.25) is 0 Å². The highest BCUT2D eigenvalue weighted by Crippen LogP contribution is 2.48. The average Bonchev–Trinajstić information content (AvgIpc) is 3.47. The number of piperazine rings is 1. The van der Waals surface area contributed by atoms with Gasteiger partial charge in [0.05, 0.1) is 28.1 Å². The Morgan fingerprint density at radius 1 is 1.17 bits per heavy atom. The van der Waals surface area contributed by atoms with Crippen LogP contribution in [0, 0.1) is 0 Å². The molecule has 0 bridgehead atoms. The first-order valence-electron chi connectivity index (χ1n) is 11.0. The van der Waals surface area contributed by atoms with Crippen molar-refractivity contribution in [3.63, 3.8) is 0 Å². The topological polar surface area (TPSA) is 67.4 Å². The third kappa shape index (κ3) is 3.15. The fraction of sp³-hybridized carbons (Fsp3) is 0.522. The Morgan fingerprint density at radius 3 is 2.67 bits per heavy atom. The third-order valence-corrected chi connectivity index (χ3v) is 8.07. The van der Waals surface area contributed by atoms with Crippen LogP contribution in [0.15, 0.2) is 29.6 Å². The molecule has 2 atom stereocenters. The first-order chi connectivity index (χ1) is 14.5. The number of hydrogen-bond donors (Lipinski definition) is 3. The van der Waals surface area contributed by atoms with Crippen LogP contribution in [0.1, 0.15) is 55.6 Å². The van der Waals surface area contributed by atoms with Gasteiger partial charge in [-0.3, -0.25) is 10.00 Å². The van der Waals surface area contributed by atoms with Crippen molar-refractivity contribution in [2.24, 2.45) is 0 Å². The number of rotatable bonds is 5. The van der Waals surface area contributed by atoms with Gasteiger partial charge in [0.15, 0.2) is 0 Å². The van der Waals surface area contributed by atoms with Gasteiger partial charge < -0.3 is 15.3 Å². The number of aromatic nitrogens is 2. The molecular formula is C23H31N5OS. The fourth-order valence-electron chi connectivity index (χ4n) is 5.02. The maximum Gasteiger partial charge on any atom is 0.103 e. The lowest BCUT2D eigenvalue weighted by atomic mass is 9.87. The van der Waals surface area contributed by atoms with Gasteiger partial charge in [0.1, 0.15) is 5.52 Å². The number of fused-ring (bicyclic) bond motifs is 2. The summed E-state index contributed by atoms with van der Waals surface area (Å²) in [5.41, 5.74) is 4.90. The van der Waals surface area contributed by atoms with Crippen LogP contribution in [0.5, 0.6) is 0 Å². The highest BCUT2D eigenvalue weighted by atomic mass is 32.1. The van der Waals surface area contributed by atoms with Crippen LogP contribution in [0.3, 0.4) is 0 Å². The molecule has 7 heteroatoms. The number of aliphatic hydroxyl groups is 1. The summed E-state index contributed by atoms with van der Waals surface area (Å²) in [5.74, 6) is 0. The molecule has 2 unspecified atom stereocenters. The summed E-state index contributed by atoms with van der Waals surface area (Å²) in [4.78, 5) is 5.00. The third-order valence-electron chi connectivity index (χ3n) is 7.13. The summed E-state index contributed by atoms with van der Waals surface area (Å²) in [7, 11) is 2.20. The maximum atomic E-state index is 11.1. The second-order valence-electron chi connectivity index (χ2n) is 8.72. The first-order valence-corrected chi connectivity index (χ1v) is 11.9. The Balaban J connectivity index is 1.57. The Kier molecular flexibility index (Phi) is 5.09. The van der Waals surface area contributed by atoms with Gasteiger partial charge in [-0.1, -0.05) is 26.0 Å². The van der Waals surface area contributed by atoms with Crippen molar-refractivity contribution in [2.75, 3.05) is 38.5 Å². The number of anilines is 1. The van der Waals surface area contributed by atoms with E-state index in [2.05, 4.69) is 75.9 Å². The monoisotopic (exact) mass is 425 g/mol. The lowest BCUT2D eigenvalue weighted by molar-refractivity contribution is 0.0284. The number of nitrogens with one attached hydrogen (secondary N) is 2. The smallest absolute Gasteiger partial charge is 0.103 e. The normalized spacial score (nSPS) is 23.1. The van der Waals surface area contributed by atoms with Gasteiger partial charge in [-0.25, -0.2) is 0 Å². The molecule has 0 spiro atoms. The van der Waals surface area contributed by atoms with Gasteiger partial charge in [-0.15, -0.1) is 11.3 Å². The van der Waals surface area contributed by atoms with E-state index in [1.54, 1.807) is 11.3 Å². The van der Waals surface area contributed by atoms with E-state index in [9.17, 15) is 5.11 Å². The molecule has 6 nitrogen and oxygen atoms in total.